The summed E-state index contributed by atoms with van der Waals surface area (Å²) >= 11 is 0. The van der Waals surface area contributed by atoms with Gasteiger partial charge in [-0.05, 0) is 42.6 Å². The van der Waals surface area contributed by atoms with Gasteiger partial charge in [-0.25, -0.2) is 0 Å². The predicted molar refractivity (Wildman–Crippen MR) is 103 cm³/mol. The first-order valence-corrected chi connectivity index (χ1v) is 9.40. The monoisotopic (exact) mass is 334 g/mol. The molecule has 1 unspecified atom stereocenters. The Balaban J connectivity index is 1.86. The van der Waals surface area contributed by atoms with Gasteiger partial charge in [-0.3, -0.25) is 4.90 Å². The average Bonchev–Trinajstić information content (AvgIpc) is 2.97. The number of nitrogens with zero attached hydrogens (tertiary/aromatic N) is 1. The number of rotatable bonds is 5. The van der Waals surface area contributed by atoms with Gasteiger partial charge in [0.25, 0.3) is 0 Å². The van der Waals surface area contributed by atoms with Crippen LogP contribution >= 0.6 is 0 Å². The molecule has 0 spiro atoms. The lowest BCUT2D eigenvalue weighted by Crippen LogP contribution is -2.31. The topological polar surface area (TPSA) is 39.3 Å². The summed E-state index contributed by atoms with van der Waals surface area (Å²) in [6.07, 6.45) is 6.82. The SMILES string of the molecule is CCCCCN1CCc2c[nH]c3ccc(O)c(c23)C1c1ccccc1. The molecule has 0 saturated heterocycles. The maximum atomic E-state index is 10.8. The lowest BCUT2D eigenvalue weighted by molar-refractivity contribution is 0.224. The fourth-order valence-electron chi connectivity index (χ4n) is 4.18. The highest BCUT2D eigenvalue weighted by molar-refractivity contribution is 5.90. The number of aromatic nitrogens is 1. The van der Waals surface area contributed by atoms with Crippen LogP contribution in [-0.2, 0) is 6.42 Å². The highest BCUT2D eigenvalue weighted by atomic mass is 16.3. The van der Waals surface area contributed by atoms with Crippen LogP contribution in [0.5, 0.6) is 5.75 Å². The van der Waals surface area contributed by atoms with Gasteiger partial charge in [-0.1, -0.05) is 50.1 Å². The number of H-pyrrole nitrogens is 1. The van der Waals surface area contributed by atoms with E-state index in [2.05, 4.69) is 53.3 Å². The Labute approximate surface area is 149 Å². The molecular formula is C22H26N2O. The van der Waals surface area contributed by atoms with Crippen LogP contribution < -0.4 is 0 Å². The normalized spacial score (nSPS) is 17.7. The number of benzene rings is 2. The van der Waals surface area contributed by atoms with Crippen LogP contribution in [0.2, 0.25) is 0 Å². The lowest BCUT2D eigenvalue weighted by atomic mass is 9.93. The second-order valence-electron chi connectivity index (χ2n) is 7.04. The fraction of sp³-hybridized carbons (Fsp3) is 0.364. The summed E-state index contributed by atoms with van der Waals surface area (Å²) in [5, 5.41) is 12.0. The Hall–Kier alpha value is -2.26. The van der Waals surface area contributed by atoms with E-state index >= 15 is 0 Å². The molecule has 3 aromatic rings. The van der Waals surface area contributed by atoms with Crippen molar-refractivity contribution in [2.45, 2.75) is 38.6 Å². The quantitative estimate of drug-likeness (QED) is 0.644. The van der Waals surface area contributed by atoms with E-state index in [0.717, 1.165) is 30.6 Å². The third kappa shape index (κ3) is 2.93. The van der Waals surface area contributed by atoms with Crippen molar-refractivity contribution < 1.29 is 5.11 Å². The van der Waals surface area contributed by atoms with E-state index in [9.17, 15) is 5.11 Å². The van der Waals surface area contributed by atoms with E-state index < -0.39 is 0 Å². The van der Waals surface area contributed by atoms with E-state index in [1.54, 1.807) is 0 Å². The van der Waals surface area contributed by atoms with Crippen LogP contribution in [0.4, 0.5) is 0 Å². The molecule has 0 radical (unpaired) electrons. The fourth-order valence-corrected chi connectivity index (χ4v) is 4.18. The Morgan fingerprint density at radius 2 is 1.96 bits per heavy atom. The zero-order valence-electron chi connectivity index (χ0n) is 14.8. The van der Waals surface area contributed by atoms with Gasteiger partial charge < -0.3 is 10.1 Å². The van der Waals surface area contributed by atoms with Crippen molar-refractivity contribution >= 4 is 10.9 Å². The van der Waals surface area contributed by atoms with Crippen molar-refractivity contribution in [3.8, 4) is 5.75 Å². The molecule has 3 nitrogen and oxygen atoms in total. The van der Waals surface area contributed by atoms with Gasteiger partial charge in [0.05, 0.1) is 6.04 Å². The standard InChI is InChI=1S/C22H26N2O/c1-2-3-7-13-24-14-12-17-15-23-18-10-11-19(25)21(20(17)18)22(24)16-8-5-4-6-9-16/h4-6,8-11,15,22-23,25H,2-3,7,12-14H2,1H3. The largest absolute Gasteiger partial charge is 0.508 e. The number of nitrogens with one attached hydrogen (secondary N) is 1. The van der Waals surface area contributed by atoms with Crippen LogP contribution in [-0.4, -0.2) is 28.1 Å². The number of aromatic hydroxyl groups is 1. The maximum absolute atomic E-state index is 10.8. The zero-order valence-corrected chi connectivity index (χ0v) is 14.8. The zero-order chi connectivity index (χ0) is 17.2. The van der Waals surface area contributed by atoms with Gasteiger partial charge in [0, 0.05) is 29.2 Å². The molecule has 2 heterocycles. The molecule has 2 aromatic carbocycles. The molecule has 1 atom stereocenters. The van der Waals surface area contributed by atoms with Gasteiger partial charge >= 0.3 is 0 Å². The van der Waals surface area contributed by atoms with E-state index in [0.29, 0.717) is 5.75 Å². The lowest BCUT2D eigenvalue weighted by Gasteiger charge is -2.32. The number of phenolic OH excluding ortho intramolecular Hbond substituents is 1. The van der Waals surface area contributed by atoms with Crippen LogP contribution in [0, 0.1) is 0 Å². The number of unbranched alkanes of at least 4 members (excludes halogenated alkanes) is 2. The number of phenols is 1. The molecular weight excluding hydrogens is 308 g/mol. The molecule has 1 aromatic heterocycles. The molecule has 4 rings (SSSR count). The Bertz CT molecular complexity index is 853. The summed E-state index contributed by atoms with van der Waals surface area (Å²) in [5.74, 6) is 0.407. The van der Waals surface area contributed by atoms with Crippen LogP contribution in [0.1, 0.15) is 48.9 Å². The summed E-state index contributed by atoms with van der Waals surface area (Å²) in [7, 11) is 0. The molecule has 0 saturated carbocycles. The minimum atomic E-state index is 0.110. The predicted octanol–water partition coefficient (Wildman–Crippen LogP) is 5.01. The van der Waals surface area contributed by atoms with Crippen LogP contribution in [0.15, 0.2) is 48.7 Å². The summed E-state index contributed by atoms with van der Waals surface area (Å²) < 4.78 is 0. The highest BCUT2D eigenvalue weighted by Crippen LogP contribution is 2.42. The molecule has 1 aliphatic heterocycles. The van der Waals surface area contributed by atoms with Gasteiger partial charge in [0.2, 0.25) is 0 Å². The van der Waals surface area contributed by atoms with Crippen molar-refractivity contribution in [3.63, 3.8) is 0 Å². The Morgan fingerprint density at radius 1 is 1.12 bits per heavy atom. The molecule has 3 heteroatoms. The van der Waals surface area contributed by atoms with E-state index in [4.69, 9.17) is 0 Å². The summed E-state index contributed by atoms with van der Waals surface area (Å²) in [6.45, 7) is 4.33. The number of hydrogen-bond donors (Lipinski definition) is 2. The van der Waals surface area contributed by atoms with E-state index in [-0.39, 0.29) is 6.04 Å². The molecule has 25 heavy (non-hydrogen) atoms. The van der Waals surface area contributed by atoms with Gasteiger partial charge in [0.15, 0.2) is 0 Å². The Kier molecular flexibility index (Phi) is 4.50. The molecule has 2 N–H and O–H groups in total. The first-order chi connectivity index (χ1) is 12.3. The summed E-state index contributed by atoms with van der Waals surface area (Å²) in [5.41, 5.74) is 4.77. The van der Waals surface area contributed by atoms with Crippen molar-refractivity contribution in [1.82, 2.24) is 9.88 Å². The summed E-state index contributed by atoms with van der Waals surface area (Å²) in [4.78, 5) is 5.94. The smallest absolute Gasteiger partial charge is 0.121 e. The number of hydrogen-bond acceptors (Lipinski definition) is 2. The molecule has 0 fully saturated rings. The van der Waals surface area contributed by atoms with Gasteiger partial charge in [0.1, 0.15) is 5.75 Å². The minimum absolute atomic E-state index is 0.110. The highest BCUT2D eigenvalue weighted by Gasteiger charge is 2.30. The minimum Gasteiger partial charge on any atom is -0.508 e. The first-order valence-electron chi connectivity index (χ1n) is 9.40. The average molecular weight is 334 g/mol. The maximum Gasteiger partial charge on any atom is 0.121 e. The van der Waals surface area contributed by atoms with Gasteiger partial charge in [-0.15, -0.1) is 0 Å². The van der Waals surface area contributed by atoms with Crippen LogP contribution in [0.25, 0.3) is 10.9 Å². The molecule has 0 aliphatic carbocycles. The van der Waals surface area contributed by atoms with E-state index in [1.165, 1.54) is 35.8 Å². The second-order valence-corrected chi connectivity index (χ2v) is 7.04. The third-order valence-electron chi connectivity index (χ3n) is 5.42. The van der Waals surface area contributed by atoms with Gasteiger partial charge in [-0.2, -0.15) is 0 Å². The van der Waals surface area contributed by atoms with E-state index in [1.807, 2.05) is 12.1 Å². The summed E-state index contributed by atoms with van der Waals surface area (Å²) in [6, 6.07) is 14.6. The number of aromatic amines is 1. The third-order valence-corrected chi connectivity index (χ3v) is 5.42. The first kappa shape index (κ1) is 16.2. The van der Waals surface area contributed by atoms with Crippen molar-refractivity contribution in [2.24, 2.45) is 0 Å². The van der Waals surface area contributed by atoms with Crippen molar-refractivity contribution in [2.75, 3.05) is 13.1 Å². The molecule has 1 aliphatic rings. The molecule has 130 valence electrons. The Morgan fingerprint density at radius 3 is 2.76 bits per heavy atom. The second kappa shape index (κ2) is 6.93. The molecule has 0 amide bonds. The molecule has 0 bridgehead atoms. The van der Waals surface area contributed by atoms with Crippen molar-refractivity contribution in [3.05, 3.63) is 65.4 Å². The van der Waals surface area contributed by atoms with Crippen molar-refractivity contribution in [1.29, 1.82) is 0 Å². The van der Waals surface area contributed by atoms with Crippen LogP contribution in [0.3, 0.4) is 0 Å².